The molecule has 0 spiro atoms. The molecule has 0 amide bonds. The molecule has 16 heavy (non-hydrogen) atoms. The lowest BCUT2D eigenvalue weighted by Crippen LogP contribution is -2.12. The second-order valence-electron chi connectivity index (χ2n) is 4.04. The second kappa shape index (κ2) is 6.89. The minimum atomic E-state index is 0.238. The number of thioether (sulfide) groups is 1. The summed E-state index contributed by atoms with van der Waals surface area (Å²) in [5, 5.41) is 13.1. The molecule has 0 aromatic carbocycles. The van der Waals surface area contributed by atoms with E-state index >= 15 is 0 Å². The summed E-state index contributed by atoms with van der Waals surface area (Å²) in [7, 11) is 1.94. The van der Waals surface area contributed by atoms with Crippen LogP contribution in [0.25, 0.3) is 0 Å². The van der Waals surface area contributed by atoms with Gasteiger partial charge in [0.15, 0.2) is 0 Å². The second-order valence-corrected chi connectivity index (χ2v) is 5.08. The Kier molecular flexibility index (Phi) is 5.80. The highest BCUT2D eigenvalue weighted by atomic mass is 32.2. The number of aliphatic hydroxyl groups excluding tert-OH is 1. The molecule has 2 atom stereocenters. The third-order valence-electron chi connectivity index (χ3n) is 2.52. The molecule has 4 heteroatoms. The van der Waals surface area contributed by atoms with Crippen LogP contribution in [0.2, 0.25) is 0 Å². The quantitative estimate of drug-likeness (QED) is 0.747. The van der Waals surface area contributed by atoms with Gasteiger partial charge < -0.3 is 10.4 Å². The van der Waals surface area contributed by atoms with Gasteiger partial charge in [0.1, 0.15) is 0 Å². The van der Waals surface area contributed by atoms with Crippen molar-refractivity contribution >= 4 is 11.8 Å². The van der Waals surface area contributed by atoms with E-state index in [0.717, 1.165) is 10.8 Å². The number of aromatic nitrogens is 1. The molecule has 1 aromatic rings. The third kappa shape index (κ3) is 4.12. The number of hydrogen-bond donors (Lipinski definition) is 2. The summed E-state index contributed by atoms with van der Waals surface area (Å²) in [5.74, 6) is 1.23. The van der Waals surface area contributed by atoms with Crippen LogP contribution in [0, 0.1) is 5.92 Å². The Balaban J connectivity index is 2.51. The van der Waals surface area contributed by atoms with E-state index in [-0.39, 0.29) is 6.61 Å². The zero-order valence-electron chi connectivity index (χ0n) is 10.1. The maximum atomic E-state index is 8.92. The van der Waals surface area contributed by atoms with Crippen molar-refractivity contribution in [2.24, 2.45) is 5.92 Å². The molecular weight excluding hydrogens is 220 g/mol. The molecular formula is C12H20N2OS. The summed E-state index contributed by atoms with van der Waals surface area (Å²) in [5.41, 5.74) is 1.20. The van der Waals surface area contributed by atoms with Gasteiger partial charge in [0.05, 0.1) is 5.03 Å². The molecule has 0 aliphatic carbocycles. The fourth-order valence-corrected chi connectivity index (χ4v) is 2.03. The Morgan fingerprint density at radius 2 is 2.19 bits per heavy atom. The first-order chi connectivity index (χ1) is 7.67. The topological polar surface area (TPSA) is 45.1 Å². The predicted octanol–water partition coefficient (Wildman–Crippen LogP) is 2.08. The van der Waals surface area contributed by atoms with Gasteiger partial charge in [-0.15, -0.1) is 11.8 Å². The number of aliphatic hydroxyl groups is 1. The van der Waals surface area contributed by atoms with E-state index in [9.17, 15) is 0 Å². The molecule has 0 radical (unpaired) electrons. The average molecular weight is 240 g/mol. The maximum absolute atomic E-state index is 8.92. The number of nitrogens with one attached hydrogen (secondary N) is 1. The van der Waals surface area contributed by atoms with Crippen LogP contribution in [0.5, 0.6) is 0 Å². The van der Waals surface area contributed by atoms with Crippen LogP contribution in [0.15, 0.2) is 23.4 Å². The molecule has 0 aliphatic heterocycles. The number of rotatable bonds is 6. The van der Waals surface area contributed by atoms with E-state index in [1.165, 1.54) is 5.56 Å². The van der Waals surface area contributed by atoms with E-state index in [4.69, 9.17) is 5.11 Å². The minimum Gasteiger partial charge on any atom is -0.396 e. The molecule has 1 rings (SSSR count). The van der Waals surface area contributed by atoms with Crippen molar-refractivity contribution in [3.63, 3.8) is 0 Å². The van der Waals surface area contributed by atoms with Crippen molar-refractivity contribution in [2.45, 2.75) is 24.9 Å². The summed E-state index contributed by atoms with van der Waals surface area (Å²) in [6.07, 6.45) is 1.91. The SMILES string of the molecule is CNC(C)c1ccc(SCC(C)CO)nc1. The first kappa shape index (κ1) is 13.5. The summed E-state index contributed by atoms with van der Waals surface area (Å²) >= 11 is 1.69. The lowest BCUT2D eigenvalue weighted by Gasteiger charge is -2.11. The van der Waals surface area contributed by atoms with Crippen LogP contribution in [0.1, 0.15) is 25.5 Å². The summed E-state index contributed by atoms with van der Waals surface area (Å²) in [4.78, 5) is 4.40. The van der Waals surface area contributed by atoms with Gasteiger partial charge in [-0.2, -0.15) is 0 Å². The first-order valence-corrected chi connectivity index (χ1v) is 6.52. The van der Waals surface area contributed by atoms with Crippen molar-refractivity contribution in [2.75, 3.05) is 19.4 Å². The molecule has 0 saturated carbocycles. The van der Waals surface area contributed by atoms with Crippen molar-refractivity contribution < 1.29 is 5.11 Å². The zero-order valence-corrected chi connectivity index (χ0v) is 10.9. The Morgan fingerprint density at radius 3 is 2.69 bits per heavy atom. The smallest absolute Gasteiger partial charge is 0.0960 e. The van der Waals surface area contributed by atoms with Crippen molar-refractivity contribution in [3.05, 3.63) is 23.9 Å². The Morgan fingerprint density at radius 1 is 1.44 bits per heavy atom. The Hall–Kier alpha value is -0.580. The van der Waals surface area contributed by atoms with Crippen molar-refractivity contribution in [3.8, 4) is 0 Å². The molecule has 2 N–H and O–H groups in total. The van der Waals surface area contributed by atoms with E-state index in [2.05, 4.69) is 23.3 Å². The van der Waals surface area contributed by atoms with E-state index < -0.39 is 0 Å². The Bertz CT molecular complexity index is 302. The summed E-state index contributed by atoms with van der Waals surface area (Å²) in [6.45, 7) is 4.38. The van der Waals surface area contributed by atoms with Gasteiger partial charge in [-0.3, -0.25) is 0 Å². The van der Waals surface area contributed by atoms with Crippen molar-refractivity contribution in [1.29, 1.82) is 0 Å². The normalized spacial score (nSPS) is 14.8. The molecule has 0 saturated heterocycles. The van der Waals surface area contributed by atoms with Gasteiger partial charge in [0.25, 0.3) is 0 Å². The van der Waals surface area contributed by atoms with Crippen molar-refractivity contribution in [1.82, 2.24) is 10.3 Å². The van der Waals surface area contributed by atoms with Gasteiger partial charge >= 0.3 is 0 Å². The maximum Gasteiger partial charge on any atom is 0.0960 e. The molecule has 1 heterocycles. The fourth-order valence-electron chi connectivity index (χ4n) is 1.18. The van der Waals surface area contributed by atoms with E-state index in [1.54, 1.807) is 11.8 Å². The highest BCUT2D eigenvalue weighted by Crippen LogP contribution is 2.20. The van der Waals surface area contributed by atoms with E-state index in [1.807, 2.05) is 26.2 Å². The van der Waals surface area contributed by atoms with Crippen LogP contribution >= 0.6 is 11.8 Å². The van der Waals surface area contributed by atoms with Gasteiger partial charge in [-0.05, 0) is 31.5 Å². The molecule has 3 nitrogen and oxygen atoms in total. The fraction of sp³-hybridized carbons (Fsp3) is 0.583. The van der Waals surface area contributed by atoms with Crippen LogP contribution in [-0.4, -0.2) is 29.5 Å². The summed E-state index contributed by atoms with van der Waals surface area (Å²) < 4.78 is 0. The van der Waals surface area contributed by atoms with Gasteiger partial charge in [-0.1, -0.05) is 13.0 Å². The standard InChI is InChI=1S/C12H20N2OS/c1-9(7-15)8-16-12-5-4-11(6-14-12)10(2)13-3/h4-6,9-10,13,15H,7-8H2,1-3H3. The van der Waals surface area contributed by atoms with Crippen LogP contribution in [-0.2, 0) is 0 Å². The monoisotopic (exact) mass is 240 g/mol. The molecule has 1 aromatic heterocycles. The lowest BCUT2D eigenvalue weighted by atomic mass is 10.1. The van der Waals surface area contributed by atoms with Gasteiger partial charge in [-0.25, -0.2) is 4.98 Å². The predicted molar refractivity (Wildman–Crippen MR) is 68.7 cm³/mol. The van der Waals surface area contributed by atoms with Gasteiger partial charge in [0, 0.05) is 24.6 Å². The van der Waals surface area contributed by atoms with Crippen LogP contribution < -0.4 is 5.32 Å². The average Bonchev–Trinajstić information content (AvgIpc) is 2.35. The molecule has 0 aliphatic rings. The summed E-state index contributed by atoms with van der Waals surface area (Å²) in [6, 6.07) is 4.47. The molecule has 0 fully saturated rings. The number of hydrogen-bond acceptors (Lipinski definition) is 4. The zero-order chi connectivity index (χ0) is 12.0. The van der Waals surface area contributed by atoms with E-state index in [0.29, 0.717) is 12.0 Å². The van der Waals surface area contributed by atoms with Crippen LogP contribution in [0.4, 0.5) is 0 Å². The minimum absolute atomic E-state index is 0.238. The van der Waals surface area contributed by atoms with Gasteiger partial charge in [0.2, 0.25) is 0 Å². The molecule has 2 unspecified atom stereocenters. The van der Waals surface area contributed by atoms with Crippen LogP contribution in [0.3, 0.4) is 0 Å². The number of nitrogens with zero attached hydrogens (tertiary/aromatic N) is 1. The largest absolute Gasteiger partial charge is 0.396 e. The number of pyridine rings is 1. The third-order valence-corrected chi connectivity index (χ3v) is 3.79. The lowest BCUT2D eigenvalue weighted by molar-refractivity contribution is 0.250. The Labute approximate surface area is 102 Å². The first-order valence-electron chi connectivity index (χ1n) is 5.54. The molecule has 0 bridgehead atoms. The highest BCUT2D eigenvalue weighted by Gasteiger charge is 2.05. The molecule has 90 valence electrons. The highest BCUT2D eigenvalue weighted by molar-refractivity contribution is 7.99.